The Balaban J connectivity index is 1.89. The quantitative estimate of drug-likeness (QED) is 0.313. The highest BCUT2D eigenvalue weighted by molar-refractivity contribution is 6.09. The fraction of sp³-hybridized carbons (Fsp3) is 0.0476. The molecule has 1 heterocycles. The van der Waals surface area contributed by atoms with Crippen molar-refractivity contribution in [2.24, 2.45) is 0 Å². The van der Waals surface area contributed by atoms with E-state index in [1.54, 1.807) is 47.2 Å². The molecule has 0 bridgehead atoms. The smallest absolute Gasteiger partial charge is 0.269 e. The number of nitriles is 1. The van der Waals surface area contributed by atoms with Crippen molar-refractivity contribution >= 4 is 23.4 Å². The van der Waals surface area contributed by atoms with Gasteiger partial charge in [0.1, 0.15) is 11.6 Å². The number of non-ortho nitro benzene ring substituents is 1. The number of nitrogens with one attached hydrogen (secondary N) is 1. The summed E-state index contributed by atoms with van der Waals surface area (Å²) < 4.78 is 1.74. The van der Waals surface area contributed by atoms with E-state index >= 15 is 0 Å². The Morgan fingerprint density at radius 1 is 1.14 bits per heavy atom. The number of carbonyl (C=O) groups excluding carboxylic acids is 1. The normalized spacial score (nSPS) is 10.9. The summed E-state index contributed by atoms with van der Waals surface area (Å²) in [6.07, 6.45) is 3.23. The molecule has 7 nitrogen and oxygen atoms in total. The van der Waals surface area contributed by atoms with Gasteiger partial charge < -0.3 is 9.88 Å². The fourth-order valence-corrected chi connectivity index (χ4v) is 2.68. The molecule has 3 rings (SSSR count). The Morgan fingerprint density at radius 3 is 2.50 bits per heavy atom. The summed E-state index contributed by atoms with van der Waals surface area (Å²) in [5, 5.41) is 23.0. The lowest BCUT2D eigenvalue weighted by Crippen LogP contribution is -2.14. The van der Waals surface area contributed by atoms with Crippen molar-refractivity contribution in [3.63, 3.8) is 0 Å². The number of rotatable bonds is 5. The highest BCUT2D eigenvalue weighted by Gasteiger charge is 2.13. The van der Waals surface area contributed by atoms with E-state index < -0.39 is 10.8 Å². The summed E-state index contributed by atoms with van der Waals surface area (Å²) in [6.45, 7) is 1.87. The number of hydrogen-bond donors (Lipinski definition) is 1. The lowest BCUT2D eigenvalue weighted by molar-refractivity contribution is -0.384. The van der Waals surface area contributed by atoms with Gasteiger partial charge in [0.05, 0.1) is 4.92 Å². The van der Waals surface area contributed by atoms with Crippen LogP contribution in [0.15, 0.2) is 72.4 Å². The van der Waals surface area contributed by atoms with Gasteiger partial charge in [-0.05, 0) is 48.9 Å². The van der Waals surface area contributed by atoms with Crippen LogP contribution in [0.4, 0.5) is 11.4 Å². The molecule has 138 valence electrons. The molecule has 3 aromatic rings. The maximum Gasteiger partial charge on any atom is 0.269 e. The SMILES string of the molecule is Cc1ccccc1NC(=O)C(C#N)=Cc1cccn1-c1ccc([N+](=O)[O-])cc1. The van der Waals surface area contributed by atoms with Crippen molar-refractivity contribution in [2.75, 3.05) is 5.32 Å². The monoisotopic (exact) mass is 372 g/mol. The van der Waals surface area contributed by atoms with Gasteiger partial charge >= 0.3 is 0 Å². The Kier molecular flexibility index (Phi) is 5.33. The molecular formula is C21H16N4O3. The highest BCUT2D eigenvalue weighted by Crippen LogP contribution is 2.20. The molecule has 28 heavy (non-hydrogen) atoms. The molecule has 0 radical (unpaired) electrons. The molecule has 7 heteroatoms. The second kappa shape index (κ2) is 8.01. The zero-order valence-electron chi connectivity index (χ0n) is 15.0. The summed E-state index contributed by atoms with van der Waals surface area (Å²) >= 11 is 0. The molecule has 0 saturated heterocycles. The first-order valence-corrected chi connectivity index (χ1v) is 8.40. The molecule has 2 aromatic carbocycles. The lowest BCUT2D eigenvalue weighted by atomic mass is 10.1. The summed E-state index contributed by atoms with van der Waals surface area (Å²) in [6, 6.07) is 18.8. The minimum atomic E-state index is -0.506. The molecule has 0 aliphatic rings. The fourth-order valence-electron chi connectivity index (χ4n) is 2.68. The third-order valence-electron chi connectivity index (χ3n) is 4.17. The lowest BCUT2D eigenvalue weighted by Gasteiger charge is -2.09. The third kappa shape index (κ3) is 3.97. The van der Waals surface area contributed by atoms with Gasteiger partial charge in [-0.1, -0.05) is 18.2 Å². The predicted octanol–water partition coefficient (Wildman–Crippen LogP) is 4.24. The number of benzene rings is 2. The van der Waals surface area contributed by atoms with E-state index in [-0.39, 0.29) is 11.3 Å². The zero-order valence-corrected chi connectivity index (χ0v) is 15.0. The number of nitro benzene ring substituents is 1. The van der Waals surface area contributed by atoms with E-state index in [1.165, 1.54) is 18.2 Å². The van der Waals surface area contributed by atoms with Crippen molar-refractivity contribution in [3.8, 4) is 11.8 Å². The molecule has 1 amide bonds. The maximum atomic E-state index is 12.5. The third-order valence-corrected chi connectivity index (χ3v) is 4.17. The van der Waals surface area contributed by atoms with Crippen molar-refractivity contribution in [3.05, 3.63) is 93.8 Å². The van der Waals surface area contributed by atoms with Crippen LogP contribution in [0.25, 0.3) is 11.8 Å². The van der Waals surface area contributed by atoms with Crippen molar-refractivity contribution < 1.29 is 9.72 Å². The zero-order chi connectivity index (χ0) is 20.1. The van der Waals surface area contributed by atoms with Gasteiger partial charge in [-0.2, -0.15) is 5.26 Å². The Hall–Kier alpha value is -4.18. The van der Waals surface area contributed by atoms with Gasteiger partial charge in [-0.25, -0.2) is 0 Å². The Morgan fingerprint density at radius 2 is 1.86 bits per heavy atom. The highest BCUT2D eigenvalue weighted by atomic mass is 16.6. The minimum Gasteiger partial charge on any atom is -0.321 e. The molecule has 1 N–H and O–H groups in total. The Bertz CT molecular complexity index is 1110. The standard InChI is InChI=1S/C21H16N4O3/c1-15-5-2-3-7-20(15)23-21(26)16(14-22)13-19-6-4-12-24(19)17-8-10-18(11-9-17)25(27)28/h2-13H,1H3,(H,23,26). The van der Waals surface area contributed by atoms with Gasteiger partial charge in [0.25, 0.3) is 11.6 Å². The first-order valence-electron chi connectivity index (χ1n) is 8.40. The van der Waals surface area contributed by atoms with Crippen molar-refractivity contribution in [2.45, 2.75) is 6.92 Å². The van der Waals surface area contributed by atoms with E-state index in [0.717, 1.165) is 5.56 Å². The van der Waals surface area contributed by atoms with E-state index in [2.05, 4.69) is 5.32 Å². The summed E-state index contributed by atoms with van der Waals surface area (Å²) in [5.41, 5.74) is 2.75. The van der Waals surface area contributed by atoms with Crippen LogP contribution in [0.1, 0.15) is 11.3 Å². The summed E-state index contributed by atoms with van der Waals surface area (Å²) in [4.78, 5) is 22.8. The molecule has 0 saturated carbocycles. The number of hydrogen-bond acceptors (Lipinski definition) is 4. The van der Waals surface area contributed by atoms with E-state index in [4.69, 9.17) is 0 Å². The van der Waals surface area contributed by atoms with Crippen molar-refractivity contribution in [1.29, 1.82) is 5.26 Å². The first-order chi connectivity index (χ1) is 13.5. The van der Waals surface area contributed by atoms with Gasteiger partial charge in [-0.15, -0.1) is 0 Å². The number of nitro groups is 1. The maximum absolute atomic E-state index is 12.5. The van der Waals surface area contributed by atoms with Crippen molar-refractivity contribution in [1.82, 2.24) is 4.57 Å². The van der Waals surface area contributed by atoms with E-state index in [9.17, 15) is 20.2 Å². The molecule has 1 aromatic heterocycles. The predicted molar refractivity (Wildman–Crippen MR) is 106 cm³/mol. The molecule has 0 fully saturated rings. The van der Waals surface area contributed by atoms with Crippen LogP contribution < -0.4 is 5.32 Å². The average Bonchev–Trinajstić information content (AvgIpc) is 3.16. The molecule has 0 unspecified atom stereocenters. The number of amides is 1. The molecular weight excluding hydrogens is 356 g/mol. The molecule has 0 aliphatic heterocycles. The summed E-state index contributed by atoms with van der Waals surface area (Å²) in [7, 11) is 0. The van der Waals surface area contributed by atoms with Crippen LogP contribution in [0, 0.1) is 28.4 Å². The first kappa shape index (κ1) is 18.6. The topological polar surface area (TPSA) is 101 Å². The molecule has 0 aliphatic carbocycles. The number of aryl methyl sites for hydroxylation is 1. The Labute approximate surface area is 161 Å². The van der Waals surface area contributed by atoms with Gasteiger partial charge in [-0.3, -0.25) is 14.9 Å². The number of para-hydroxylation sites is 1. The van der Waals surface area contributed by atoms with Crippen LogP contribution in [-0.2, 0) is 4.79 Å². The number of anilines is 1. The number of aromatic nitrogens is 1. The van der Waals surface area contributed by atoms with Crippen LogP contribution >= 0.6 is 0 Å². The second-order valence-electron chi connectivity index (χ2n) is 6.02. The number of carbonyl (C=O) groups is 1. The molecule has 0 spiro atoms. The minimum absolute atomic E-state index is 0.0108. The van der Waals surface area contributed by atoms with E-state index in [0.29, 0.717) is 17.1 Å². The van der Waals surface area contributed by atoms with Crippen LogP contribution in [0.2, 0.25) is 0 Å². The van der Waals surface area contributed by atoms with Crippen LogP contribution in [0.3, 0.4) is 0 Å². The van der Waals surface area contributed by atoms with Gasteiger partial charge in [0.15, 0.2) is 0 Å². The van der Waals surface area contributed by atoms with Gasteiger partial charge in [0.2, 0.25) is 0 Å². The second-order valence-corrected chi connectivity index (χ2v) is 6.02. The van der Waals surface area contributed by atoms with E-state index in [1.807, 2.05) is 25.1 Å². The van der Waals surface area contributed by atoms with Gasteiger partial charge in [0, 0.05) is 35.4 Å². The number of nitrogens with zero attached hydrogens (tertiary/aromatic N) is 3. The van der Waals surface area contributed by atoms with Crippen LogP contribution in [-0.4, -0.2) is 15.4 Å². The summed E-state index contributed by atoms with van der Waals surface area (Å²) in [5.74, 6) is -0.506. The molecule has 0 atom stereocenters. The largest absolute Gasteiger partial charge is 0.321 e. The average molecular weight is 372 g/mol. The van der Waals surface area contributed by atoms with Crippen LogP contribution in [0.5, 0.6) is 0 Å².